The number of aryl methyl sites for hydroxylation is 1. The molecule has 0 radical (unpaired) electrons. The van der Waals surface area contributed by atoms with Crippen LogP contribution in [0, 0.1) is 12.3 Å². The Morgan fingerprint density at radius 3 is 2.88 bits per heavy atom. The number of aromatic amines is 1. The van der Waals surface area contributed by atoms with Crippen LogP contribution in [0.2, 0.25) is 0 Å². The summed E-state index contributed by atoms with van der Waals surface area (Å²) >= 11 is 0. The maximum absolute atomic E-state index is 12.9. The van der Waals surface area contributed by atoms with Crippen molar-refractivity contribution in [2.75, 3.05) is 26.2 Å². The Morgan fingerprint density at radius 1 is 1.33 bits per heavy atom. The number of H-pyrrole nitrogens is 1. The van der Waals surface area contributed by atoms with Crippen molar-refractivity contribution in [2.24, 2.45) is 5.41 Å². The van der Waals surface area contributed by atoms with Gasteiger partial charge in [-0.1, -0.05) is 13.3 Å². The zero-order valence-electron chi connectivity index (χ0n) is 14.9. The molecule has 0 aromatic carbocycles. The van der Waals surface area contributed by atoms with E-state index in [2.05, 4.69) is 11.9 Å². The highest BCUT2D eigenvalue weighted by Gasteiger charge is 2.42. The molecule has 0 saturated carbocycles. The van der Waals surface area contributed by atoms with Gasteiger partial charge in [0.05, 0.1) is 5.56 Å². The number of unbranched alkanes of at least 4 members (excludes halogenated alkanes) is 1. The van der Waals surface area contributed by atoms with E-state index in [1.807, 2.05) is 29.0 Å². The van der Waals surface area contributed by atoms with Gasteiger partial charge in [0, 0.05) is 49.9 Å². The first kappa shape index (κ1) is 17.1. The highest BCUT2D eigenvalue weighted by Crippen LogP contribution is 2.39. The summed E-state index contributed by atoms with van der Waals surface area (Å²) in [4.78, 5) is 32.2. The second-order valence-corrected chi connectivity index (χ2v) is 7.52. The molecule has 5 heteroatoms. The predicted molar refractivity (Wildman–Crippen MR) is 93.8 cm³/mol. The Hall–Kier alpha value is -1.78. The van der Waals surface area contributed by atoms with E-state index in [0.717, 1.165) is 69.5 Å². The van der Waals surface area contributed by atoms with Crippen LogP contribution >= 0.6 is 0 Å². The summed E-state index contributed by atoms with van der Waals surface area (Å²) in [6, 6.07) is 1.87. The zero-order valence-corrected chi connectivity index (χ0v) is 14.9. The summed E-state index contributed by atoms with van der Waals surface area (Å²) < 4.78 is 0. The van der Waals surface area contributed by atoms with E-state index in [1.165, 1.54) is 0 Å². The second kappa shape index (κ2) is 6.99. The van der Waals surface area contributed by atoms with Crippen molar-refractivity contribution >= 4 is 11.8 Å². The molecule has 1 spiro atoms. The number of carbonyl (C=O) groups is 2. The summed E-state index contributed by atoms with van der Waals surface area (Å²) in [7, 11) is 0. The molecule has 5 nitrogen and oxygen atoms in total. The summed E-state index contributed by atoms with van der Waals surface area (Å²) in [5.74, 6) is 0.420. The fourth-order valence-corrected chi connectivity index (χ4v) is 4.22. The Labute approximate surface area is 144 Å². The summed E-state index contributed by atoms with van der Waals surface area (Å²) in [5.41, 5.74) is 1.81. The number of carbonyl (C=O) groups excluding carboxylic acids is 2. The number of aromatic nitrogens is 1. The molecule has 2 aliphatic rings. The van der Waals surface area contributed by atoms with Gasteiger partial charge in [0.1, 0.15) is 0 Å². The number of amides is 2. The number of rotatable bonds is 4. The van der Waals surface area contributed by atoms with Crippen molar-refractivity contribution in [3.05, 3.63) is 23.5 Å². The molecule has 2 fully saturated rings. The van der Waals surface area contributed by atoms with E-state index in [4.69, 9.17) is 0 Å². The molecule has 2 saturated heterocycles. The van der Waals surface area contributed by atoms with Crippen LogP contribution in [0.3, 0.4) is 0 Å². The molecule has 1 aromatic heterocycles. The number of nitrogens with zero attached hydrogens (tertiary/aromatic N) is 2. The monoisotopic (exact) mass is 331 g/mol. The minimum Gasteiger partial charge on any atom is -0.365 e. The molecular weight excluding hydrogens is 302 g/mol. The van der Waals surface area contributed by atoms with E-state index < -0.39 is 0 Å². The first-order chi connectivity index (χ1) is 11.5. The lowest BCUT2D eigenvalue weighted by molar-refractivity contribution is -0.139. The minimum atomic E-state index is 0.0970. The van der Waals surface area contributed by atoms with Crippen molar-refractivity contribution < 1.29 is 9.59 Å². The van der Waals surface area contributed by atoms with Crippen molar-refractivity contribution in [1.29, 1.82) is 0 Å². The van der Waals surface area contributed by atoms with E-state index in [9.17, 15) is 9.59 Å². The number of piperidine rings is 2. The van der Waals surface area contributed by atoms with E-state index in [1.54, 1.807) is 0 Å². The summed E-state index contributed by atoms with van der Waals surface area (Å²) in [6.07, 6.45) is 7.71. The maximum atomic E-state index is 12.9. The lowest BCUT2D eigenvalue weighted by Gasteiger charge is -2.48. The fraction of sp³-hybridized carbons (Fsp3) is 0.684. The van der Waals surface area contributed by atoms with E-state index >= 15 is 0 Å². The van der Waals surface area contributed by atoms with Crippen LogP contribution in [-0.4, -0.2) is 52.8 Å². The molecule has 0 aliphatic carbocycles. The number of nitrogens with one attached hydrogen (secondary N) is 1. The van der Waals surface area contributed by atoms with Crippen molar-refractivity contribution in [3.8, 4) is 0 Å². The predicted octanol–water partition coefficient (Wildman–Crippen LogP) is 2.97. The molecule has 3 rings (SSSR count). The minimum absolute atomic E-state index is 0.0970. The Bertz CT molecular complexity index is 610. The average molecular weight is 331 g/mol. The van der Waals surface area contributed by atoms with Crippen molar-refractivity contribution in [1.82, 2.24) is 14.8 Å². The average Bonchev–Trinajstić information content (AvgIpc) is 3.01. The Kier molecular flexibility index (Phi) is 4.97. The van der Waals surface area contributed by atoms with Crippen molar-refractivity contribution in [2.45, 2.75) is 52.4 Å². The van der Waals surface area contributed by atoms with Gasteiger partial charge in [0.15, 0.2) is 0 Å². The molecule has 2 aliphatic heterocycles. The molecule has 3 heterocycles. The second-order valence-electron chi connectivity index (χ2n) is 7.52. The van der Waals surface area contributed by atoms with Gasteiger partial charge >= 0.3 is 0 Å². The third-order valence-electron chi connectivity index (χ3n) is 5.66. The molecule has 2 amide bonds. The first-order valence-corrected chi connectivity index (χ1v) is 9.26. The number of hydrogen-bond donors (Lipinski definition) is 1. The molecule has 1 N–H and O–H groups in total. The van der Waals surface area contributed by atoms with Crippen LogP contribution in [0.25, 0.3) is 0 Å². The highest BCUT2D eigenvalue weighted by atomic mass is 16.2. The SMILES string of the molecule is CCCCN1CC2(CCCN(C(=O)c3cc[nH]c3C)C2)CCC1=O. The third kappa shape index (κ3) is 3.35. The van der Waals surface area contributed by atoms with Crippen molar-refractivity contribution in [3.63, 3.8) is 0 Å². The van der Waals surface area contributed by atoms with Gasteiger partial charge in [0.25, 0.3) is 5.91 Å². The van der Waals surface area contributed by atoms with Crippen LogP contribution in [0.5, 0.6) is 0 Å². The zero-order chi connectivity index (χ0) is 17.2. The molecule has 1 aromatic rings. The third-order valence-corrected chi connectivity index (χ3v) is 5.66. The van der Waals surface area contributed by atoms with E-state index in [-0.39, 0.29) is 11.3 Å². The molecular formula is C19H29N3O2. The lowest BCUT2D eigenvalue weighted by Crippen LogP contribution is -2.55. The van der Waals surface area contributed by atoms with Gasteiger partial charge in [-0.2, -0.15) is 0 Å². The van der Waals surface area contributed by atoms with Gasteiger partial charge in [-0.05, 0) is 38.7 Å². The first-order valence-electron chi connectivity index (χ1n) is 9.26. The van der Waals surface area contributed by atoms with Gasteiger partial charge < -0.3 is 14.8 Å². The fourth-order valence-electron chi connectivity index (χ4n) is 4.22. The van der Waals surface area contributed by atoms with E-state index in [0.29, 0.717) is 12.3 Å². The van der Waals surface area contributed by atoms with Crippen LogP contribution in [0.1, 0.15) is 61.5 Å². The van der Waals surface area contributed by atoms with Gasteiger partial charge in [-0.25, -0.2) is 0 Å². The van der Waals surface area contributed by atoms with Gasteiger partial charge in [-0.3, -0.25) is 9.59 Å². The molecule has 1 atom stereocenters. The number of likely N-dealkylation sites (tertiary alicyclic amines) is 2. The van der Waals surface area contributed by atoms with Crippen LogP contribution in [-0.2, 0) is 4.79 Å². The lowest BCUT2D eigenvalue weighted by atomic mass is 9.73. The van der Waals surface area contributed by atoms with Crippen LogP contribution in [0.4, 0.5) is 0 Å². The van der Waals surface area contributed by atoms with Crippen LogP contribution in [0.15, 0.2) is 12.3 Å². The molecule has 132 valence electrons. The Balaban J connectivity index is 1.71. The highest BCUT2D eigenvalue weighted by molar-refractivity contribution is 5.95. The molecule has 0 bridgehead atoms. The van der Waals surface area contributed by atoms with Gasteiger partial charge in [-0.15, -0.1) is 0 Å². The standard InChI is InChI=1S/C19H29N3O2/c1-3-4-11-21-13-19(9-6-17(21)23)8-5-12-22(14-19)18(24)16-7-10-20-15(16)2/h7,10,20H,3-6,8-9,11-14H2,1-2H3. The molecule has 1 unspecified atom stereocenters. The normalized spacial score (nSPS) is 24.7. The smallest absolute Gasteiger partial charge is 0.255 e. The summed E-state index contributed by atoms with van der Waals surface area (Å²) in [6.45, 7) is 7.40. The Morgan fingerprint density at radius 2 is 2.17 bits per heavy atom. The van der Waals surface area contributed by atoms with Crippen LogP contribution < -0.4 is 0 Å². The van der Waals surface area contributed by atoms with Gasteiger partial charge in [0.2, 0.25) is 5.91 Å². The summed E-state index contributed by atoms with van der Waals surface area (Å²) in [5, 5.41) is 0. The largest absolute Gasteiger partial charge is 0.365 e. The number of hydrogen-bond acceptors (Lipinski definition) is 2. The maximum Gasteiger partial charge on any atom is 0.255 e. The quantitative estimate of drug-likeness (QED) is 0.922. The molecule has 24 heavy (non-hydrogen) atoms. The topological polar surface area (TPSA) is 56.4 Å².